The van der Waals surface area contributed by atoms with Gasteiger partial charge in [-0.25, -0.2) is 4.79 Å². The monoisotopic (exact) mass is 289 g/mol. The minimum atomic E-state index is -1.78. The zero-order chi connectivity index (χ0) is 15.5. The van der Waals surface area contributed by atoms with Crippen molar-refractivity contribution in [1.82, 2.24) is 5.32 Å². The number of carbonyl (C=O) groups excluding carboxylic acids is 1. The normalized spacial score (nSPS) is 15.0. The van der Waals surface area contributed by atoms with Crippen LogP contribution in [0.3, 0.4) is 0 Å². The van der Waals surface area contributed by atoms with Gasteiger partial charge in [0.2, 0.25) is 0 Å². The van der Waals surface area contributed by atoms with Gasteiger partial charge in [-0.2, -0.15) is 0 Å². The van der Waals surface area contributed by atoms with E-state index in [0.717, 1.165) is 0 Å². The third-order valence-corrected chi connectivity index (χ3v) is 7.84. The Morgan fingerprint density at radius 3 is 2.00 bits per heavy atom. The van der Waals surface area contributed by atoms with Gasteiger partial charge in [-0.1, -0.05) is 20.8 Å². The predicted octanol–water partition coefficient (Wildman–Crippen LogP) is 3.92. The topological polar surface area (TPSA) is 47.6 Å². The molecule has 0 aromatic carbocycles. The lowest BCUT2D eigenvalue weighted by Gasteiger charge is -2.38. The molecule has 0 aliphatic heterocycles. The van der Waals surface area contributed by atoms with Crippen molar-refractivity contribution in [2.24, 2.45) is 0 Å². The molecule has 4 nitrogen and oxygen atoms in total. The van der Waals surface area contributed by atoms with Crippen LogP contribution in [-0.2, 0) is 9.16 Å². The summed E-state index contributed by atoms with van der Waals surface area (Å²) in [6, 6.07) is 0. The molecule has 0 bridgehead atoms. The molecule has 5 heteroatoms. The van der Waals surface area contributed by atoms with Crippen molar-refractivity contribution in [3.63, 3.8) is 0 Å². The Labute approximate surface area is 119 Å². The van der Waals surface area contributed by atoms with Gasteiger partial charge in [0.15, 0.2) is 8.32 Å². The standard InChI is InChI=1S/C14H31NO3Si/c1-11(18-19(8,9)14(5,6)7)10-15-12(16)17-13(2,3)4/h11H,10H2,1-9H3,(H,15,16)/t11-/m1/s1. The van der Waals surface area contributed by atoms with E-state index >= 15 is 0 Å². The number of carbonyl (C=O) groups is 1. The quantitative estimate of drug-likeness (QED) is 0.798. The molecule has 0 saturated heterocycles. The summed E-state index contributed by atoms with van der Waals surface area (Å²) >= 11 is 0. The summed E-state index contributed by atoms with van der Waals surface area (Å²) in [4.78, 5) is 11.5. The van der Waals surface area contributed by atoms with Gasteiger partial charge in [-0.05, 0) is 45.8 Å². The van der Waals surface area contributed by atoms with Crippen molar-refractivity contribution < 1.29 is 14.0 Å². The molecule has 0 aromatic rings. The minimum absolute atomic E-state index is 0.00610. The molecule has 114 valence electrons. The number of nitrogens with one attached hydrogen (secondary N) is 1. The number of ether oxygens (including phenoxy) is 1. The second kappa shape index (κ2) is 6.26. The number of alkyl carbamates (subject to hydrolysis) is 1. The van der Waals surface area contributed by atoms with Gasteiger partial charge in [0.05, 0.1) is 6.10 Å². The molecule has 0 saturated carbocycles. The highest BCUT2D eigenvalue weighted by Gasteiger charge is 2.38. The molecule has 0 heterocycles. The lowest BCUT2D eigenvalue weighted by Crippen LogP contribution is -2.46. The zero-order valence-electron chi connectivity index (χ0n) is 14.0. The minimum Gasteiger partial charge on any atom is -0.444 e. The second-order valence-corrected chi connectivity index (χ2v) is 12.3. The van der Waals surface area contributed by atoms with Crippen LogP contribution in [0.1, 0.15) is 48.5 Å². The summed E-state index contributed by atoms with van der Waals surface area (Å²) in [6.45, 7) is 19.0. The highest BCUT2D eigenvalue weighted by atomic mass is 28.4. The number of amides is 1. The summed E-state index contributed by atoms with van der Waals surface area (Å²) in [7, 11) is -1.78. The first kappa shape index (κ1) is 18.4. The molecule has 0 aliphatic carbocycles. The number of hydrogen-bond acceptors (Lipinski definition) is 3. The highest BCUT2D eigenvalue weighted by Crippen LogP contribution is 2.37. The maximum atomic E-state index is 11.5. The summed E-state index contributed by atoms with van der Waals surface area (Å²) < 4.78 is 11.3. The van der Waals surface area contributed by atoms with E-state index in [4.69, 9.17) is 9.16 Å². The van der Waals surface area contributed by atoms with Gasteiger partial charge in [-0.3, -0.25) is 0 Å². The molecule has 1 N–H and O–H groups in total. The number of rotatable bonds is 4. The van der Waals surface area contributed by atoms with E-state index in [9.17, 15) is 4.79 Å². The fourth-order valence-corrected chi connectivity index (χ4v) is 2.71. The van der Waals surface area contributed by atoms with E-state index in [1.54, 1.807) is 0 Å². The van der Waals surface area contributed by atoms with Crippen LogP contribution in [-0.4, -0.2) is 32.7 Å². The summed E-state index contributed by atoms with van der Waals surface area (Å²) in [6.07, 6.45) is -0.397. The summed E-state index contributed by atoms with van der Waals surface area (Å²) in [5.41, 5.74) is -0.465. The van der Waals surface area contributed by atoms with Gasteiger partial charge in [-0.15, -0.1) is 0 Å². The predicted molar refractivity (Wildman–Crippen MR) is 82.0 cm³/mol. The maximum absolute atomic E-state index is 11.5. The maximum Gasteiger partial charge on any atom is 0.407 e. The molecule has 0 radical (unpaired) electrons. The van der Waals surface area contributed by atoms with E-state index in [0.29, 0.717) is 6.54 Å². The molecule has 0 rings (SSSR count). The average Bonchev–Trinajstić information content (AvgIpc) is 2.09. The molecule has 0 fully saturated rings. The zero-order valence-corrected chi connectivity index (χ0v) is 15.0. The van der Waals surface area contributed by atoms with Crippen LogP contribution in [0.15, 0.2) is 0 Å². The Hall–Kier alpha value is -0.553. The van der Waals surface area contributed by atoms with Gasteiger partial charge in [0.1, 0.15) is 5.60 Å². The fourth-order valence-electron chi connectivity index (χ4n) is 1.26. The Balaban J connectivity index is 4.21. The van der Waals surface area contributed by atoms with E-state index in [2.05, 4.69) is 39.2 Å². The van der Waals surface area contributed by atoms with Crippen LogP contribution in [0, 0.1) is 0 Å². The van der Waals surface area contributed by atoms with Crippen LogP contribution < -0.4 is 5.32 Å². The van der Waals surface area contributed by atoms with Crippen LogP contribution in [0.5, 0.6) is 0 Å². The van der Waals surface area contributed by atoms with Crippen LogP contribution in [0.2, 0.25) is 18.1 Å². The Kier molecular flexibility index (Phi) is 6.08. The van der Waals surface area contributed by atoms with Gasteiger partial charge >= 0.3 is 6.09 Å². The smallest absolute Gasteiger partial charge is 0.407 e. The van der Waals surface area contributed by atoms with E-state index in [1.807, 2.05) is 27.7 Å². The molecule has 0 aliphatic rings. The van der Waals surface area contributed by atoms with Crippen molar-refractivity contribution in [3.8, 4) is 0 Å². The van der Waals surface area contributed by atoms with Crippen molar-refractivity contribution >= 4 is 14.4 Å². The molecule has 0 aromatic heterocycles. The third-order valence-electron chi connectivity index (χ3n) is 3.23. The van der Waals surface area contributed by atoms with Gasteiger partial charge < -0.3 is 14.5 Å². The average molecular weight is 289 g/mol. The van der Waals surface area contributed by atoms with Crippen molar-refractivity contribution in [3.05, 3.63) is 0 Å². The first-order chi connectivity index (χ1) is 8.24. The first-order valence-corrected chi connectivity index (χ1v) is 9.80. The Morgan fingerprint density at radius 1 is 1.16 bits per heavy atom. The molecular formula is C14H31NO3Si. The fraction of sp³-hybridized carbons (Fsp3) is 0.929. The molecule has 19 heavy (non-hydrogen) atoms. The molecule has 0 unspecified atom stereocenters. The van der Waals surface area contributed by atoms with Gasteiger partial charge in [0.25, 0.3) is 0 Å². The lowest BCUT2D eigenvalue weighted by molar-refractivity contribution is 0.0501. The highest BCUT2D eigenvalue weighted by molar-refractivity contribution is 6.74. The van der Waals surface area contributed by atoms with Crippen LogP contribution >= 0.6 is 0 Å². The molecular weight excluding hydrogens is 258 g/mol. The van der Waals surface area contributed by atoms with Crippen molar-refractivity contribution in [1.29, 1.82) is 0 Å². The van der Waals surface area contributed by atoms with Crippen molar-refractivity contribution in [2.45, 2.75) is 78.3 Å². The van der Waals surface area contributed by atoms with Crippen molar-refractivity contribution in [2.75, 3.05) is 6.54 Å². The van der Waals surface area contributed by atoms with Crippen LogP contribution in [0.4, 0.5) is 4.79 Å². The Morgan fingerprint density at radius 2 is 1.63 bits per heavy atom. The van der Waals surface area contributed by atoms with Gasteiger partial charge in [0, 0.05) is 6.54 Å². The molecule has 1 atom stereocenters. The third kappa shape index (κ3) is 7.57. The van der Waals surface area contributed by atoms with Crippen LogP contribution in [0.25, 0.3) is 0 Å². The molecule has 1 amide bonds. The van der Waals surface area contributed by atoms with E-state index < -0.39 is 20.0 Å². The summed E-state index contributed by atoms with van der Waals surface area (Å²) in [5, 5.41) is 2.92. The second-order valence-electron chi connectivity index (χ2n) is 7.57. The van der Waals surface area contributed by atoms with E-state index in [1.165, 1.54) is 0 Å². The first-order valence-electron chi connectivity index (χ1n) is 6.89. The number of hydrogen-bond donors (Lipinski definition) is 1. The lowest BCUT2D eigenvalue weighted by atomic mass is 10.2. The Bertz CT molecular complexity index is 303. The SMILES string of the molecule is C[C@H](CNC(=O)OC(C)(C)C)O[Si](C)(C)C(C)(C)C. The summed E-state index contributed by atoms with van der Waals surface area (Å²) in [5.74, 6) is 0. The van der Waals surface area contributed by atoms with E-state index in [-0.39, 0.29) is 11.1 Å². The molecule has 0 spiro atoms. The largest absolute Gasteiger partial charge is 0.444 e.